The summed E-state index contributed by atoms with van der Waals surface area (Å²) < 4.78 is 8.67. The van der Waals surface area contributed by atoms with Gasteiger partial charge < -0.3 is 14.6 Å². The molecule has 36 heavy (non-hydrogen) atoms. The van der Waals surface area contributed by atoms with Crippen LogP contribution in [-0.4, -0.2) is 38.6 Å². The molecule has 0 atom stereocenters. The SMILES string of the molecule is CCn1c2c(c(=O)n3ncc(C(=O)Nc4ccc(Cl)cc4C)c13)CN(Cc1ccc(OC)cc1)CC2. The Morgan fingerprint density at radius 3 is 2.67 bits per heavy atom. The first-order chi connectivity index (χ1) is 17.4. The number of aromatic nitrogens is 3. The number of rotatable bonds is 6. The fourth-order valence-corrected chi connectivity index (χ4v) is 5.11. The number of aryl methyl sites for hydroxylation is 2. The molecule has 1 N–H and O–H groups in total. The number of nitrogens with one attached hydrogen (secondary N) is 1. The molecule has 5 rings (SSSR count). The molecule has 0 fully saturated rings. The average molecular weight is 506 g/mol. The van der Waals surface area contributed by atoms with Crippen LogP contribution < -0.4 is 15.6 Å². The Hall–Kier alpha value is -3.62. The molecule has 0 unspecified atom stereocenters. The number of fused-ring (bicyclic) bond motifs is 2. The molecule has 0 radical (unpaired) electrons. The number of anilines is 1. The van der Waals surface area contributed by atoms with Gasteiger partial charge in [0.15, 0.2) is 5.65 Å². The van der Waals surface area contributed by atoms with Crippen LogP contribution in [0.15, 0.2) is 53.5 Å². The van der Waals surface area contributed by atoms with Crippen molar-refractivity contribution in [3.63, 3.8) is 0 Å². The van der Waals surface area contributed by atoms with Crippen molar-refractivity contribution in [2.75, 3.05) is 19.0 Å². The van der Waals surface area contributed by atoms with E-state index in [4.69, 9.17) is 16.3 Å². The maximum absolute atomic E-state index is 13.5. The first-order valence-corrected chi connectivity index (χ1v) is 12.3. The molecule has 4 aromatic rings. The van der Waals surface area contributed by atoms with E-state index in [0.717, 1.165) is 41.2 Å². The molecule has 0 aliphatic carbocycles. The largest absolute Gasteiger partial charge is 0.497 e. The summed E-state index contributed by atoms with van der Waals surface area (Å²) in [6.07, 6.45) is 2.19. The smallest absolute Gasteiger partial charge is 0.279 e. The predicted octanol–water partition coefficient (Wildman–Crippen LogP) is 4.30. The molecule has 0 spiro atoms. The van der Waals surface area contributed by atoms with Crippen LogP contribution in [0, 0.1) is 6.92 Å². The van der Waals surface area contributed by atoms with Gasteiger partial charge in [-0.2, -0.15) is 9.61 Å². The van der Waals surface area contributed by atoms with E-state index in [2.05, 4.69) is 19.9 Å². The van der Waals surface area contributed by atoms with Crippen LogP contribution in [0.1, 0.15) is 39.7 Å². The third kappa shape index (κ3) is 4.38. The van der Waals surface area contributed by atoms with Gasteiger partial charge in [-0.05, 0) is 55.3 Å². The van der Waals surface area contributed by atoms with Crippen molar-refractivity contribution in [3.05, 3.63) is 92.0 Å². The van der Waals surface area contributed by atoms with E-state index < -0.39 is 0 Å². The summed E-state index contributed by atoms with van der Waals surface area (Å²) in [6.45, 7) is 6.60. The van der Waals surface area contributed by atoms with Crippen molar-refractivity contribution in [1.82, 2.24) is 19.1 Å². The van der Waals surface area contributed by atoms with E-state index in [-0.39, 0.29) is 11.5 Å². The van der Waals surface area contributed by atoms with E-state index in [1.54, 1.807) is 25.3 Å². The van der Waals surface area contributed by atoms with Crippen molar-refractivity contribution in [2.45, 2.75) is 39.9 Å². The topological polar surface area (TPSA) is 80.9 Å². The lowest BCUT2D eigenvalue weighted by atomic mass is 10.0. The van der Waals surface area contributed by atoms with E-state index in [1.165, 1.54) is 10.7 Å². The minimum atomic E-state index is -0.311. The number of amides is 1. The van der Waals surface area contributed by atoms with Gasteiger partial charge >= 0.3 is 0 Å². The molecule has 186 valence electrons. The second-order valence-corrected chi connectivity index (χ2v) is 9.43. The van der Waals surface area contributed by atoms with E-state index in [9.17, 15) is 9.59 Å². The molecule has 2 aromatic heterocycles. The standard InChI is InChI=1S/C27H28ClN5O3/c1-4-32-24-11-12-31(15-18-5-8-20(36-3)9-6-18)16-22(24)27(35)33-26(32)21(14-29-33)25(34)30-23-10-7-19(28)13-17(23)2/h5-10,13-14H,4,11-12,15-16H2,1-3H3,(H,30,34). The number of hydrogen-bond donors (Lipinski definition) is 1. The number of methoxy groups -OCH3 is 1. The lowest BCUT2D eigenvalue weighted by Gasteiger charge is -2.30. The normalized spacial score (nSPS) is 13.6. The van der Waals surface area contributed by atoms with Crippen molar-refractivity contribution in [3.8, 4) is 5.75 Å². The summed E-state index contributed by atoms with van der Waals surface area (Å²) in [4.78, 5) is 29.0. The summed E-state index contributed by atoms with van der Waals surface area (Å²) in [5.41, 5.74) is 5.10. The summed E-state index contributed by atoms with van der Waals surface area (Å²) in [5, 5.41) is 7.88. The zero-order chi connectivity index (χ0) is 25.4. The highest BCUT2D eigenvalue weighted by atomic mass is 35.5. The Kier molecular flexibility index (Phi) is 6.55. The zero-order valence-electron chi connectivity index (χ0n) is 20.5. The molecule has 0 bridgehead atoms. The Morgan fingerprint density at radius 2 is 1.97 bits per heavy atom. The molecule has 8 nitrogen and oxygen atoms in total. The van der Waals surface area contributed by atoms with Gasteiger partial charge in [0.05, 0.1) is 18.9 Å². The fraction of sp³-hybridized carbons (Fsp3) is 0.296. The Labute approximate surface area is 214 Å². The van der Waals surface area contributed by atoms with Crippen LogP contribution in [0.5, 0.6) is 5.75 Å². The van der Waals surface area contributed by atoms with Gasteiger partial charge in [-0.1, -0.05) is 23.7 Å². The number of benzene rings is 2. The van der Waals surface area contributed by atoms with Gasteiger partial charge in [0.1, 0.15) is 11.3 Å². The summed E-state index contributed by atoms with van der Waals surface area (Å²) >= 11 is 6.05. The number of halogens is 1. The average Bonchev–Trinajstić information content (AvgIpc) is 3.32. The Bertz CT molecular complexity index is 1510. The minimum Gasteiger partial charge on any atom is -0.497 e. The predicted molar refractivity (Wildman–Crippen MR) is 140 cm³/mol. The van der Waals surface area contributed by atoms with E-state index in [1.807, 2.05) is 38.1 Å². The van der Waals surface area contributed by atoms with Gasteiger partial charge in [0, 0.05) is 49.0 Å². The van der Waals surface area contributed by atoms with Gasteiger partial charge in [-0.3, -0.25) is 14.5 Å². The number of hydrogen-bond acceptors (Lipinski definition) is 5. The number of ether oxygens (including phenoxy) is 1. The van der Waals surface area contributed by atoms with Crippen LogP contribution in [-0.2, 0) is 26.1 Å². The monoisotopic (exact) mass is 505 g/mol. The van der Waals surface area contributed by atoms with Crippen LogP contribution in [0.25, 0.3) is 5.65 Å². The fourth-order valence-electron chi connectivity index (χ4n) is 4.89. The van der Waals surface area contributed by atoms with E-state index in [0.29, 0.717) is 41.4 Å². The summed E-state index contributed by atoms with van der Waals surface area (Å²) in [5.74, 6) is 0.509. The first-order valence-electron chi connectivity index (χ1n) is 11.9. The molecule has 1 amide bonds. The maximum atomic E-state index is 13.5. The summed E-state index contributed by atoms with van der Waals surface area (Å²) in [7, 11) is 1.65. The summed E-state index contributed by atoms with van der Waals surface area (Å²) in [6, 6.07) is 13.3. The molecule has 0 saturated carbocycles. The Balaban J connectivity index is 1.47. The molecule has 3 heterocycles. The van der Waals surface area contributed by atoms with Gasteiger partial charge in [0.2, 0.25) is 0 Å². The second kappa shape index (κ2) is 9.79. The van der Waals surface area contributed by atoms with E-state index >= 15 is 0 Å². The molecule has 2 aromatic carbocycles. The third-order valence-corrected chi connectivity index (χ3v) is 6.97. The third-order valence-electron chi connectivity index (χ3n) is 6.73. The van der Waals surface area contributed by atoms with Gasteiger partial charge in [-0.15, -0.1) is 0 Å². The van der Waals surface area contributed by atoms with Crippen LogP contribution in [0.4, 0.5) is 5.69 Å². The molecule has 1 aliphatic heterocycles. The van der Waals surface area contributed by atoms with Crippen molar-refractivity contribution < 1.29 is 9.53 Å². The van der Waals surface area contributed by atoms with Gasteiger partial charge in [-0.25, -0.2) is 0 Å². The second-order valence-electron chi connectivity index (χ2n) is 8.99. The quantitative estimate of drug-likeness (QED) is 0.422. The number of nitrogens with zero attached hydrogens (tertiary/aromatic N) is 4. The lowest BCUT2D eigenvalue weighted by Crippen LogP contribution is -2.38. The molecular weight excluding hydrogens is 478 g/mol. The highest BCUT2D eigenvalue weighted by Gasteiger charge is 2.27. The van der Waals surface area contributed by atoms with Crippen LogP contribution in [0.2, 0.25) is 5.02 Å². The number of carbonyl (C=O) groups is 1. The van der Waals surface area contributed by atoms with Crippen LogP contribution >= 0.6 is 11.6 Å². The Morgan fingerprint density at radius 1 is 1.19 bits per heavy atom. The molecule has 1 aliphatic rings. The van der Waals surface area contributed by atoms with Crippen molar-refractivity contribution >= 4 is 28.8 Å². The number of carbonyl (C=O) groups excluding carboxylic acids is 1. The lowest BCUT2D eigenvalue weighted by molar-refractivity contribution is 0.102. The highest BCUT2D eigenvalue weighted by molar-refractivity contribution is 6.30. The minimum absolute atomic E-state index is 0.175. The maximum Gasteiger partial charge on any atom is 0.279 e. The van der Waals surface area contributed by atoms with Crippen LogP contribution in [0.3, 0.4) is 0 Å². The van der Waals surface area contributed by atoms with Gasteiger partial charge in [0.25, 0.3) is 11.5 Å². The van der Waals surface area contributed by atoms with Crippen molar-refractivity contribution in [2.24, 2.45) is 0 Å². The van der Waals surface area contributed by atoms with Crippen molar-refractivity contribution in [1.29, 1.82) is 0 Å². The molecule has 0 saturated heterocycles. The zero-order valence-corrected chi connectivity index (χ0v) is 21.3. The highest BCUT2D eigenvalue weighted by Crippen LogP contribution is 2.24. The molecular formula is C27H28ClN5O3. The first kappa shape index (κ1) is 24.1. The molecule has 9 heteroatoms.